The average molecular weight is 442 g/mol. The molecule has 1 aliphatic rings. The Labute approximate surface area is 189 Å². The predicted molar refractivity (Wildman–Crippen MR) is 130 cm³/mol. The standard InChI is InChI=1S/C14H20ClNO.C10H12N4/c15-14-8-13(17)7-6-12(14)10-16-9-11-4-2-1-3-5-11;1-14(2)9-7-5-3-4-6-8(7)12-10(11)13-9/h6-8,11,16-17H,1-5,9-10H2;3-6H,1-2H3,(H2,11,12,13). The fourth-order valence-electron chi connectivity index (χ4n) is 3.90. The molecule has 0 spiro atoms. The molecule has 1 heterocycles. The fourth-order valence-corrected chi connectivity index (χ4v) is 4.14. The van der Waals surface area contributed by atoms with Crippen molar-refractivity contribution in [2.24, 2.45) is 5.92 Å². The van der Waals surface area contributed by atoms with Crippen LogP contribution in [0.15, 0.2) is 42.5 Å². The van der Waals surface area contributed by atoms with Gasteiger partial charge >= 0.3 is 0 Å². The second-order valence-corrected chi connectivity index (χ2v) is 8.63. The van der Waals surface area contributed by atoms with Crippen molar-refractivity contribution in [3.8, 4) is 5.75 Å². The van der Waals surface area contributed by atoms with E-state index in [-0.39, 0.29) is 5.75 Å². The van der Waals surface area contributed by atoms with E-state index in [0.717, 1.165) is 41.3 Å². The fraction of sp³-hybridized carbons (Fsp3) is 0.417. The third-order valence-electron chi connectivity index (χ3n) is 5.53. The van der Waals surface area contributed by atoms with Crippen molar-refractivity contribution in [3.05, 3.63) is 53.1 Å². The molecular weight excluding hydrogens is 410 g/mol. The maximum atomic E-state index is 9.26. The van der Waals surface area contributed by atoms with Crippen LogP contribution in [0.3, 0.4) is 0 Å². The van der Waals surface area contributed by atoms with Crippen LogP contribution < -0.4 is 16.0 Å². The number of hydrogen-bond donors (Lipinski definition) is 3. The molecule has 1 fully saturated rings. The highest BCUT2D eigenvalue weighted by atomic mass is 35.5. The molecule has 1 aliphatic carbocycles. The molecule has 31 heavy (non-hydrogen) atoms. The number of nitrogen functional groups attached to an aromatic ring is 1. The number of aromatic nitrogens is 2. The number of anilines is 2. The van der Waals surface area contributed by atoms with Crippen molar-refractivity contribution in [3.63, 3.8) is 0 Å². The van der Waals surface area contributed by atoms with Gasteiger partial charge in [-0.3, -0.25) is 0 Å². The first-order valence-corrected chi connectivity index (χ1v) is 11.2. The number of rotatable bonds is 5. The van der Waals surface area contributed by atoms with Gasteiger partial charge in [0.25, 0.3) is 0 Å². The van der Waals surface area contributed by atoms with E-state index in [1.54, 1.807) is 12.1 Å². The Bertz CT molecular complexity index is 989. The topological polar surface area (TPSA) is 87.3 Å². The zero-order valence-corrected chi connectivity index (χ0v) is 19.1. The van der Waals surface area contributed by atoms with Crippen LogP contribution in [0.25, 0.3) is 10.9 Å². The summed E-state index contributed by atoms with van der Waals surface area (Å²) in [4.78, 5) is 10.3. The van der Waals surface area contributed by atoms with Crippen molar-refractivity contribution in [1.82, 2.24) is 15.3 Å². The highest BCUT2D eigenvalue weighted by Gasteiger charge is 2.12. The smallest absolute Gasteiger partial charge is 0.222 e. The first kappa shape index (κ1) is 23.1. The number of fused-ring (bicyclic) bond motifs is 1. The van der Waals surface area contributed by atoms with Crippen LogP contribution in [0.2, 0.25) is 5.02 Å². The highest BCUT2D eigenvalue weighted by molar-refractivity contribution is 6.31. The molecule has 3 aromatic rings. The summed E-state index contributed by atoms with van der Waals surface area (Å²) in [7, 11) is 3.88. The average Bonchev–Trinajstić information content (AvgIpc) is 2.76. The minimum Gasteiger partial charge on any atom is -0.508 e. The van der Waals surface area contributed by atoms with E-state index < -0.39 is 0 Å². The van der Waals surface area contributed by atoms with Gasteiger partial charge in [0.1, 0.15) is 11.6 Å². The first-order valence-electron chi connectivity index (χ1n) is 10.8. The normalized spacial score (nSPS) is 14.2. The molecule has 4 rings (SSSR count). The highest BCUT2D eigenvalue weighted by Crippen LogP contribution is 2.24. The van der Waals surface area contributed by atoms with Crippen molar-refractivity contribution < 1.29 is 5.11 Å². The molecular formula is C24H32ClN5O. The molecule has 1 saturated carbocycles. The summed E-state index contributed by atoms with van der Waals surface area (Å²) < 4.78 is 0. The Balaban J connectivity index is 0.000000179. The lowest BCUT2D eigenvalue weighted by molar-refractivity contribution is 0.342. The number of benzene rings is 2. The van der Waals surface area contributed by atoms with Gasteiger partial charge in [-0.25, -0.2) is 4.98 Å². The Kier molecular flexibility index (Phi) is 8.32. The van der Waals surface area contributed by atoms with Crippen LogP contribution in [0.5, 0.6) is 5.75 Å². The zero-order chi connectivity index (χ0) is 22.2. The van der Waals surface area contributed by atoms with E-state index in [2.05, 4.69) is 15.3 Å². The van der Waals surface area contributed by atoms with Gasteiger partial charge in [0.2, 0.25) is 5.95 Å². The van der Waals surface area contributed by atoms with Crippen LogP contribution in [-0.4, -0.2) is 35.7 Å². The lowest BCUT2D eigenvalue weighted by Crippen LogP contribution is -2.24. The SMILES string of the molecule is CN(C)c1nc(N)nc2ccccc12.Oc1ccc(CNCC2CCCCC2)c(Cl)c1. The van der Waals surface area contributed by atoms with E-state index in [9.17, 15) is 5.11 Å². The summed E-state index contributed by atoms with van der Waals surface area (Å²) in [5.74, 6) is 2.23. The van der Waals surface area contributed by atoms with E-state index in [1.165, 1.54) is 32.1 Å². The summed E-state index contributed by atoms with van der Waals surface area (Å²) >= 11 is 6.05. The van der Waals surface area contributed by atoms with Crippen LogP contribution in [0.4, 0.5) is 11.8 Å². The van der Waals surface area contributed by atoms with E-state index >= 15 is 0 Å². The largest absolute Gasteiger partial charge is 0.508 e. The summed E-state index contributed by atoms with van der Waals surface area (Å²) in [6.45, 7) is 1.87. The molecule has 0 aliphatic heterocycles. The van der Waals surface area contributed by atoms with Gasteiger partial charge in [-0.1, -0.05) is 49.1 Å². The minimum absolute atomic E-state index is 0.228. The van der Waals surface area contributed by atoms with Crippen LogP contribution >= 0.6 is 11.6 Å². The van der Waals surface area contributed by atoms with Gasteiger partial charge in [0, 0.05) is 31.0 Å². The Morgan fingerprint density at radius 1 is 1.10 bits per heavy atom. The predicted octanol–water partition coefficient (Wildman–Crippen LogP) is 4.99. The second kappa shape index (κ2) is 11.2. The Morgan fingerprint density at radius 2 is 1.84 bits per heavy atom. The van der Waals surface area contributed by atoms with Crippen molar-refractivity contribution >= 4 is 34.3 Å². The first-order chi connectivity index (χ1) is 14.9. The molecule has 0 amide bonds. The van der Waals surface area contributed by atoms with Crippen LogP contribution in [0, 0.1) is 5.92 Å². The number of hydrogen-bond acceptors (Lipinski definition) is 6. The zero-order valence-electron chi connectivity index (χ0n) is 18.3. The number of nitrogens with one attached hydrogen (secondary N) is 1. The number of nitrogens with zero attached hydrogens (tertiary/aromatic N) is 3. The molecule has 0 unspecified atom stereocenters. The Hall–Kier alpha value is -2.57. The van der Waals surface area contributed by atoms with Crippen LogP contribution in [-0.2, 0) is 6.54 Å². The van der Waals surface area contributed by atoms with E-state index in [4.69, 9.17) is 17.3 Å². The molecule has 0 bridgehead atoms. The van der Waals surface area contributed by atoms with Crippen molar-refractivity contribution in [2.45, 2.75) is 38.6 Å². The molecule has 4 N–H and O–H groups in total. The summed E-state index contributed by atoms with van der Waals surface area (Å²) in [6.07, 6.45) is 6.88. The third kappa shape index (κ3) is 6.71. The minimum atomic E-state index is 0.228. The maximum Gasteiger partial charge on any atom is 0.222 e. The quantitative estimate of drug-likeness (QED) is 0.516. The molecule has 0 atom stereocenters. The van der Waals surface area contributed by atoms with Crippen molar-refractivity contribution in [2.75, 3.05) is 31.3 Å². The lowest BCUT2D eigenvalue weighted by Gasteiger charge is -2.21. The maximum absolute atomic E-state index is 9.26. The number of halogens is 1. The van der Waals surface area contributed by atoms with E-state index in [1.807, 2.05) is 49.3 Å². The van der Waals surface area contributed by atoms with Gasteiger partial charge in [-0.05, 0) is 55.1 Å². The number of phenolic OH excluding ortho intramolecular Hbond substituents is 1. The Morgan fingerprint density at radius 3 is 2.55 bits per heavy atom. The molecule has 0 radical (unpaired) electrons. The summed E-state index contributed by atoms with van der Waals surface area (Å²) in [5, 5.41) is 14.4. The van der Waals surface area contributed by atoms with Gasteiger partial charge in [-0.2, -0.15) is 4.98 Å². The molecule has 0 saturated heterocycles. The molecule has 1 aromatic heterocycles. The third-order valence-corrected chi connectivity index (χ3v) is 5.89. The molecule has 166 valence electrons. The van der Waals surface area contributed by atoms with Gasteiger partial charge < -0.3 is 21.1 Å². The van der Waals surface area contributed by atoms with Crippen molar-refractivity contribution in [1.29, 1.82) is 0 Å². The molecule has 7 heteroatoms. The monoisotopic (exact) mass is 441 g/mol. The number of phenols is 1. The van der Waals surface area contributed by atoms with Crippen LogP contribution in [0.1, 0.15) is 37.7 Å². The second-order valence-electron chi connectivity index (χ2n) is 8.23. The number of aromatic hydroxyl groups is 1. The summed E-state index contributed by atoms with van der Waals surface area (Å²) in [6, 6.07) is 13.0. The number of para-hydroxylation sites is 1. The molecule has 6 nitrogen and oxygen atoms in total. The summed E-state index contributed by atoms with van der Waals surface area (Å²) in [5.41, 5.74) is 7.55. The van der Waals surface area contributed by atoms with Gasteiger partial charge in [-0.15, -0.1) is 0 Å². The molecule has 2 aromatic carbocycles. The lowest BCUT2D eigenvalue weighted by atomic mass is 9.89. The number of nitrogens with two attached hydrogens (primary N) is 1. The van der Waals surface area contributed by atoms with Gasteiger partial charge in [0.15, 0.2) is 0 Å². The van der Waals surface area contributed by atoms with Gasteiger partial charge in [0.05, 0.1) is 5.52 Å². The van der Waals surface area contributed by atoms with E-state index in [0.29, 0.717) is 11.0 Å².